The van der Waals surface area contributed by atoms with Gasteiger partial charge in [0.1, 0.15) is 11.4 Å². The Balaban J connectivity index is 1.55. The Hall–Kier alpha value is -1.46. The number of hydrogen-bond donors (Lipinski definition) is 2. The van der Waals surface area contributed by atoms with Crippen molar-refractivity contribution in [3.63, 3.8) is 0 Å². The van der Waals surface area contributed by atoms with Gasteiger partial charge in [-0.15, -0.1) is 5.92 Å². The minimum Gasteiger partial charge on any atom is -0.508 e. The van der Waals surface area contributed by atoms with Crippen LogP contribution in [0.15, 0.2) is 35.6 Å². The molecule has 0 unspecified atom stereocenters. The molecule has 0 radical (unpaired) electrons. The van der Waals surface area contributed by atoms with Crippen LogP contribution in [-0.4, -0.2) is 15.8 Å². The van der Waals surface area contributed by atoms with E-state index in [2.05, 4.69) is 44.8 Å². The number of fused-ring (bicyclic) bond motifs is 5. The molecule has 7 atom stereocenters. The lowest BCUT2D eigenvalue weighted by Gasteiger charge is -2.56. The molecule has 0 saturated heterocycles. The zero-order chi connectivity index (χ0) is 21.0. The van der Waals surface area contributed by atoms with Crippen molar-refractivity contribution < 1.29 is 10.2 Å². The van der Waals surface area contributed by atoms with Gasteiger partial charge in [0.25, 0.3) is 0 Å². The third-order valence-electron chi connectivity index (χ3n) is 8.93. The summed E-state index contributed by atoms with van der Waals surface area (Å²) in [6.45, 7) is 10.9. The van der Waals surface area contributed by atoms with E-state index in [0.29, 0.717) is 28.9 Å². The van der Waals surface area contributed by atoms with Gasteiger partial charge in [-0.3, -0.25) is 0 Å². The fourth-order valence-electron chi connectivity index (χ4n) is 7.39. The quantitative estimate of drug-likeness (QED) is 0.548. The lowest BCUT2D eigenvalue weighted by Crippen LogP contribution is -2.48. The van der Waals surface area contributed by atoms with Gasteiger partial charge in [0.05, 0.1) is 0 Å². The monoisotopic (exact) mass is 394 g/mol. The minimum absolute atomic E-state index is 0.175. The van der Waals surface area contributed by atoms with Crippen molar-refractivity contribution in [2.45, 2.75) is 78.7 Å². The van der Waals surface area contributed by atoms with E-state index in [9.17, 15) is 10.2 Å². The topological polar surface area (TPSA) is 40.5 Å². The second kappa shape index (κ2) is 7.05. The van der Waals surface area contributed by atoms with Crippen LogP contribution in [0.4, 0.5) is 0 Å². The molecule has 0 bridgehead atoms. The molecule has 2 nitrogen and oxygen atoms in total. The second-order valence-corrected chi connectivity index (χ2v) is 11.3. The normalized spacial score (nSPS) is 41.9. The Labute approximate surface area is 177 Å². The SMILES string of the molecule is C[C@H](CC#CC(C)(C)O)[C@H]1CC[C@H]2[C@@H]3C=CC4=CC(O)=CC[C@]4(C)[C@H]3CC[C@]12C. The summed E-state index contributed by atoms with van der Waals surface area (Å²) in [5.41, 5.74) is 1.00. The number of rotatable bonds is 2. The maximum atomic E-state index is 9.99. The molecule has 29 heavy (non-hydrogen) atoms. The highest BCUT2D eigenvalue weighted by Crippen LogP contribution is 2.66. The first kappa shape index (κ1) is 20.8. The summed E-state index contributed by atoms with van der Waals surface area (Å²) in [6, 6.07) is 0. The molecule has 0 amide bonds. The summed E-state index contributed by atoms with van der Waals surface area (Å²) < 4.78 is 0. The van der Waals surface area contributed by atoms with Crippen molar-refractivity contribution in [2.75, 3.05) is 0 Å². The van der Waals surface area contributed by atoms with Gasteiger partial charge in [0.2, 0.25) is 0 Å². The molecule has 0 aromatic heterocycles. The molecule has 158 valence electrons. The highest BCUT2D eigenvalue weighted by molar-refractivity contribution is 5.41. The number of aliphatic hydroxyl groups is 2. The predicted octanol–water partition coefficient (Wildman–Crippen LogP) is 6.19. The highest BCUT2D eigenvalue weighted by Gasteiger charge is 2.58. The predicted molar refractivity (Wildman–Crippen MR) is 119 cm³/mol. The van der Waals surface area contributed by atoms with Crippen molar-refractivity contribution in [3.05, 3.63) is 35.6 Å². The summed E-state index contributed by atoms with van der Waals surface area (Å²) >= 11 is 0. The van der Waals surface area contributed by atoms with Gasteiger partial charge in [-0.05, 0) is 104 Å². The zero-order valence-corrected chi connectivity index (χ0v) is 18.8. The van der Waals surface area contributed by atoms with E-state index in [-0.39, 0.29) is 5.41 Å². The van der Waals surface area contributed by atoms with Gasteiger partial charge in [0.15, 0.2) is 0 Å². The number of allylic oxidation sites excluding steroid dienone is 5. The molecule has 0 aliphatic heterocycles. The minimum atomic E-state index is -0.893. The van der Waals surface area contributed by atoms with Crippen molar-refractivity contribution in [1.82, 2.24) is 0 Å². The summed E-state index contributed by atoms with van der Waals surface area (Å²) in [6.07, 6.45) is 15.9. The molecule has 0 heterocycles. The van der Waals surface area contributed by atoms with Crippen LogP contribution < -0.4 is 0 Å². The van der Waals surface area contributed by atoms with Crippen LogP contribution in [0.5, 0.6) is 0 Å². The average Bonchev–Trinajstić information content (AvgIpc) is 2.98. The van der Waals surface area contributed by atoms with E-state index in [1.54, 1.807) is 13.8 Å². The number of aliphatic hydroxyl groups excluding tert-OH is 1. The molecule has 0 aromatic rings. The van der Waals surface area contributed by atoms with E-state index in [1.165, 1.54) is 31.3 Å². The maximum absolute atomic E-state index is 9.99. The Morgan fingerprint density at radius 1 is 1.21 bits per heavy atom. The smallest absolute Gasteiger partial charge is 0.119 e. The summed E-state index contributed by atoms with van der Waals surface area (Å²) in [7, 11) is 0. The van der Waals surface area contributed by atoms with Gasteiger partial charge < -0.3 is 10.2 Å². The van der Waals surface area contributed by atoms with Crippen molar-refractivity contribution in [1.29, 1.82) is 0 Å². The fourth-order valence-corrected chi connectivity index (χ4v) is 7.39. The van der Waals surface area contributed by atoms with Crippen LogP contribution in [0.1, 0.15) is 73.1 Å². The van der Waals surface area contributed by atoms with Crippen LogP contribution in [-0.2, 0) is 0 Å². The van der Waals surface area contributed by atoms with Crippen LogP contribution in [0.3, 0.4) is 0 Å². The summed E-state index contributed by atoms with van der Waals surface area (Å²) in [4.78, 5) is 0. The molecule has 4 aliphatic rings. The van der Waals surface area contributed by atoms with E-state index >= 15 is 0 Å². The second-order valence-electron chi connectivity index (χ2n) is 11.3. The van der Waals surface area contributed by atoms with E-state index in [1.807, 2.05) is 12.2 Å². The van der Waals surface area contributed by atoms with Crippen molar-refractivity contribution in [3.8, 4) is 11.8 Å². The molecular formula is C27H38O2. The zero-order valence-electron chi connectivity index (χ0n) is 18.8. The van der Waals surface area contributed by atoms with Crippen LogP contribution in [0.25, 0.3) is 0 Å². The Bertz CT molecular complexity index is 814. The summed E-state index contributed by atoms with van der Waals surface area (Å²) in [5.74, 6) is 10.1. The Kier molecular flexibility index (Phi) is 5.06. The van der Waals surface area contributed by atoms with E-state index in [0.717, 1.165) is 24.7 Å². The molecule has 2 fully saturated rings. The largest absolute Gasteiger partial charge is 0.508 e. The Morgan fingerprint density at radius 3 is 2.69 bits per heavy atom. The lowest BCUT2D eigenvalue weighted by atomic mass is 9.48. The molecule has 4 aliphatic carbocycles. The van der Waals surface area contributed by atoms with Crippen molar-refractivity contribution >= 4 is 0 Å². The van der Waals surface area contributed by atoms with Gasteiger partial charge in [-0.25, -0.2) is 0 Å². The first-order chi connectivity index (χ1) is 13.5. The molecule has 2 heteroatoms. The fraction of sp³-hybridized carbons (Fsp3) is 0.704. The van der Waals surface area contributed by atoms with Gasteiger partial charge in [-0.1, -0.05) is 38.8 Å². The highest BCUT2D eigenvalue weighted by atomic mass is 16.3. The number of hydrogen-bond acceptors (Lipinski definition) is 2. The third-order valence-corrected chi connectivity index (χ3v) is 8.93. The molecule has 4 rings (SSSR count). The molecule has 0 aromatic carbocycles. The first-order valence-corrected chi connectivity index (χ1v) is 11.6. The van der Waals surface area contributed by atoms with E-state index in [4.69, 9.17) is 0 Å². The first-order valence-electron chi connectivity index (χ1n) is 11.6. The van der Waals surface area contributed by atoms with Crippen LogP contribution >= 0.6 is 0 Å². The van der Waals surface area contributed by atoms with E-state index < -0.39 is 5.60 Å². The molecule has 0 spiro atoms. The van der Waals surface area contributed by atoms with Crippen LogP contribution in [0.2, 0.25) is 0 Å². The van der Waals surface area contributed by atoms with Gasteiger partial charge >= 0.3 is 0 Å². The van der Waals surface area contributed by atoms with Gasteiger partial charge in [-0.2, -0.15) is 0 Å². The standard InChI is InChI=1S/C27H38O2/c1-18(7-6-14-25(2,3)29)22-10-11-23-21-9-8-19-17-20(28)12-15-26(19,4)24(21)13-16-27(22,23)5/h8-9,12,17-18,21-24,28-29H,7,10-11,13,15-16H2,1-5H3/t18-,21+,22-,23+,24+,26+,27-/m1/s1. The Morgan fingerprint density at radius 2 is 1.97 bits per heavy atom. The third kappa shape index (κ3) is 3.50. The molecule has 2 saturated carbocycles. The average molecular weight is 395 g/mol. The van der Waals surface area contributed by atoms with Crippen molar-refractivity contribution in [2.24, 2.45) is 40.4 Å². The lowest BCUT2D eigenvalue weighted by molar-refractivity contribution is -0.0211. The van der Waals surface area contributed by atoms with Crippen LogP contribution in [0, 0.1) is 52.3 Å². The summed E-state index contributed by atoms with van der Waals surface area (Å²) in [5, 5.41) is 19.9. The maximum Gasteiger partial charge on any atom is 0.119 e. The van der Waals surface area contributed by atoms with Gasteiger partial charge in [0, 0.05) is 6.42 Å². The molecule has 2 N–H and O–H groups in total. The molecular weight excluding hydrogens is 356 g/mol.